The second kappa shape index (κ2) is 4.90. The Morgan fingerprint density at radius 3 is 3.00 bits per heavy atom. The largest absolute Gasteiger partial charge is 0.354 e. The van der Waals surface area contributed by atoms with E-state index in [1.807, 2.05) is 30.5 Å². The summed E-state index contributed by atoms with van der Waals surface area (Å²) >= 11 is 0. The average Bonchev–Trinajstić information content (AvgIpc) is 2.35. The Bertz CT molecular complexity index is 469. The van der Waals surface area contributed by atoms with Crippen LogP contribution in [0.15, 0.2) is 30.5 Å². The van der Waals surface area contributed by atoms with E-state index in [-0.39, 0.29) is 0 Å². The van der Waals surface area contributed by atoms with Crippen molar-refractivity contribution in [3.63, 3.8) is 0 Å². The molecule has 84 valence electrons. The average molecular weight is 216 g/mol. The number of hydrogen-bond donors (Lipinski definition) is 2. The Balaban J connectivity index is 2.13. The number of hydrogen-bond acceptors (Lipinski definition) is 4. The molecule has 2 aromatic rings. The van der Waals surface area contributed by atoms with Crippen LogP contribution in [0, 0.1) is 5.92 Å². The van der Waals surface area contributed by atoms with Gasteiger partial charge in [0.25, 0.3) is 0 Å². The van der Waals surface area contributed by atoms with Gasteiger partial charge >= 0.3 is 0 Å². The predicted molar refractivity (Wildman–Crippen MR) is 66.2 cm³/mol. The fraction of sp³-hybridized carbons (Fsp3) is 0.333. The standard InChI is InChI=1S/C12H16N4/c1-9(6-13)7-14-12-15-8-10-4-2-3-5-11(10)16-12/h2-5,8-9H,6-7,13H2,1H3,(H,14,15,16). The van der Waals surface area contributed by atoms with E-state index in [4.69, 9.17) is 5.73 Å². The number of benzene rings is 1. The molecule has 0 radical (unpaired) electrons. The third kappa shape index (κ3) is 2.46. The molecule has 4 nitrogen and oxygen atoms in total. The molecule has 3 N–H and O–H groups in total. The summed E-state index contributed by atoms with van der Waals surface area (Å²) < 4.78 is 0. The van der Waals surface area contributed by atoms with Crippen LogP contribution in [0.25, 0.3) is 10.9 Å². The molecule has 0 bridgehead atoms. The van der Waals surface area contributed by atoms with E-state index >= 15 is 0 Å². The molecule has 4 heteroatoms. The normalized spacial score (nSPS) is 12.6. The van der Waals surface area contributed by atoms with Crippen LogP contribution in [0.2, 0.25) is 0 Å². The third-order valence-electron chi connectivity index (χ3n) is 2.50. The van der Waals surface area contributed by atoms with Crippen molar-refractivity contribution < 1.29 is 0 Å². The highest BCUT2D eigenvalue weighted by Crippen LogP contribution is 2.11. The van der Waals surface area contributed by atoms with E-state index in [2.05, 4.69) is 22.2 Å². The van der Waals surface area contributed by atoms with E-state index in [9.17, 15) is 0 Å². The lowest BCUT2D eigenvalue weighted by molar-refractivity contribution is 0.625. The molecule has 0 saturated carbocycles. The van der Waals surface area contributed by atoms with Gasteiger partial charge in [-0.05, 0) is 18.5 Å². The number of anilines is 1. The Hall–Kier alpha value is -1.68. The number of nitrogens with one attached hydrogen (secondary N) is 1. The zero-order chi connectivity index (χ0) is 11.4. The van der Waals surface area contributed by atoms with Gasteiger partial charge in [-0.3, -0.25) is 0 Å². The van der Waals surface area contributed by atoms with Gasteiger partial charge in [-0.25, -0.2) is 9.97 Å². The quantitative estimate of drug-likeness (QED) is 0.815. The lowest BCUT2D eigenvalue weighted by Gasteiger charge is -2.09. The fourth-order valence-electron chi connectivity index (χ4n) is 1.41. The molecule has 1 unspecified atom stereocenters. The van der Waals surface area contributed by atoms with Crippen LogP contribution in [-0.4, -0.2) is 23.1 Å². The van der Waals surface area contributed by atoms with E-state index in [1.165, 1.54) is 0 Å². The van der Waals surface area contributed by atoms with Crippen LogP contribution < -0.4 is 11.1 Å². The van der Waals surface area contributed by atoms with Crippen LogP contribution in [0.5, 0.6) is 0 Å². The lowest BCUT2D eigenvalue weighted by atomic mass is 10.2. The van der Waals surface area contributed by atoms with Gasteiger partial charge < -0.3 is 11.1 Å². The van der Waals surface area contributed by atoms with Gasteiger partial charge in [0.1, 0.15) is 0 Å². The van der Waals surface area contributed by atoms with E-state index in [0.717, 1.165) is 17.4 Å². The van der Waals surface area contributed by atoms with Gasteiger partial charge in [-0.2, -0.15) is 0 Å². The first-order valence-electron chi connectivity index (χ1n) is 5.45. The molecule has 0 aliphatic carbocycles. The first-order chi connectivity index (χ1) is 7.79. The van der Waals surface area contributed by atoms with Crippen molar-refractivity contribution in [2.75, 3.05) is 18.4 Å². The van der Waals surface area contributed by atoms with Gasteiger partial charge in [0.15, 0.2) is 0 Å². The summed E-state index contributed by atoms with van der Waals surface area (Å²) in [6.07, 6.45) is 1.83. The smallest absolute Gasteiger partial charge is 0.223 e. The highest BCUT2D eigenvalue weighted by atomic mass is 15.1. The molecule has 1 aromatic heterocycles. The molecule has 1 heterocycles. The van der Waals surface area contributed by atoms with Crippen molar-refractivity contribution >= 4 is 16.9 Å². The van der Waals surface area contributed by atoms with Crippen molar-refractivity contribution in [1.29, 1.82) is 0 Å². The van der Waals surface area contributed by atoms with Crippen LogP contribution in [0.3, 0.4) is 0 Å². The Kier molecular flexibility index (Phi) is 3.31. The Labute approximate surface area is 94.9 Å². The topological polar surface area (TPSA) is 63.8 Å². The van der Waals surface area contributed by atoms with Crippen LogP contribution in [0.1, 0.15) is 6.92 Å². The molecule has 0 aliphatic rings. The summed E-state index contributed by atoms with van der Waals surface area (Å²) in [7, 11) is 0. The molecule has 1 atom stereocenters. The highest BCUT2D eigenvalue weighted by molar-refractivity contribution is 5.78. The van der Waals surface area contributed by atoms with E-state index in [1.54, 1.807) is 0 Å². The summed E-state index contributed by atoms with van der Waals surface area (Å²) in [6, 6.07) is 7.94. The number of fused-ring (bicyclic) bond motifs is 1. The molecule has 16 heavy (non-hydrogen) atoms. The van der Waals surface area contributed by atoms with Crippen molar-refractivity contribution in [2.24, 2.45) is 11.7 Å². The van der Waals surface area contributed by atoms with Gasteiger partial charge in [0.05, 0.1) is 5.52 Å². The maximum absolute atomic E-state index is 5.55. The Morgan fingerprint density at radius 2 is 2.19 bits per heavy atom. The first kappa shape index (κ1) is 10.8. The SMILES string of the molecule is CC(CN)CNc1ncc2ccccc2n1. The zero-order valence-corrected chi connectivity index (χ0v) is 9.35. The Morgan fingerprint density at radius 1 is 1.38 bits per heavy atom. The summed E-state index contributed by atoms with van der Waals surface area (Å²) in [5.74, 6) is 1.09. The lowest BCUT2D eigenvalue weighted by Crippen LogP contribution is -2.20. The predicted octanol–water partition coefficient (Wildman–Crippen LogP) is 1.64. The molecule has 0 fully saturated rings. The summed E-state index contributed by atoms with van der Waals surface area (Å²) in [5.41, 5.74) is 6.50. The van der Waals surface area contributed by atoms with Crippen molar-refractivity contribution in [3.8, 4) is 0 Å². The molecular weight excluding hydrogens is 200 g/mol. The van der Waals surface area contributed by atoms with Gasteiger partial charge in [-0.1, -0.05) is 25.1 Å². The van der Waals surface area contributed by atoms with Crippen molar-refractivity contribution in [1.82, 2.24) is 9.97 Å². The zero-order valence-electron chi connectivity index (χ0n) is 9.35. The second-order valence-electron chi connectivity index (χ2n) is 3.97. The van der Waals surface area contributed by atoms with E-state index < -0.39 is 0 Å². The maximum Gasteiger partial charge on any atom is 0.223 e. The van der Waals surface area contributed by atoms with Gasteiger partial charge in [0, 0.05) is 18.1 Å². The minimum atomic E-state index is 0.426. The number of nitrogens with two attached hydrogens (primary N) is 1. The minimum absolute atomic E-state index is 0.426. The first-order valence-corrected chi connectivity index (χ1v) is 5.45. The highest BCUT2D eigenvalue weighted by Gasteiger charge is 2.01. The van der Waals surface area contributed by atoms with Crippen LogP contribution >= 0.6 is 0 Å². The maximum atomic E-state index is 5.55. The van der Waals surface area contributed by atoms with E-state index in [0.29, 0.717) is 18.4 Å². The summed E-state index contributed by atoms with van der Waals surface area (Å²) in [5, 5.41) is 4.24. The molecule has 2 rings (SSSR count). The molecule has 0 spiro atoms. The monoisotopic (exact) mass is 216 g/mol. The number of aromatic nitrogens is 2. The second-order valence-corrected chi connectivity index (χ2v) is 3.97. The van der Waals surface area contributed by atoms with Gasteiger partial charge in [0.2, 0.25) is 5.95 Å². The molecule has 0 amide bonds. The fourth-order valence-corrected chi connectivity index (χ4v) is 1.41. The van der Waals surface area contributed by atoms with Crippen LogP contribution in [0.4, 0.5) is 5.95 Å². The van der Waals surface area contributed by atoms with Crippen molar-refractivity contribution in [2.45, 2.75) is 6.92 Å². The van der Waals surface area contributed by atoms with Gasteiger partial charge in [-0.15, -0.1) is 0 Å². The molecule has 0 aliphatic heterocycles. The summed E-state index contributed by atoms with van der Waals surface area (Å²) in [6.45, 7) is 3.56. The minimum Gasteiger partial charge on any atom is -0.354 e. The number of para-hydroxylation sites is 1. The number of nitrogens with zero attached hydrogens (tertiary/aromatic N) is 2. The summed E-state index contributed by atoms with van der Waals surface area (Å²) in [4.78, 5) is 8.67. The van der Waals surface area contributed by atoms with Crippen molar-refractivity contribution in [3.05, 3.63) is 30.5 Å². The third-order valence-corrected chi connectivity index (χ3v) is 2.50. The van der Waals surface area contributed by atoms with Crippen LogP contribution in [-0.2, 0) is 0 Å². The molecular formula is C12H16N4. The molecule has 0 saturated heterocycles. The molecule has 1 aromatic carbocycles. The number of rotatable bonds is 4.